The predicted molar refractivity (Wildman–Crippen MR) is 43.3 cm³/mol. The number of rotatable bonds is 2. The molecule has 2 nitrogen and oxygen atoms in total. The molecule has 0 aromatic carbocycles. The lowest BCUT2D eigenvalue weighted by atomic mass is 10.0. The van der Waals surface area contributed by atoms with E-state index >= 15 is 0 Å². The maximum Gasteiger partial charge on any atom is 0.303 e. The van der Waals surface area contributed by atoms with Crippen molar-refractivity contribution in [2.75, 3.05) is 0 Å². The number of carbonyl (C=O) groups is 1. The molecule has 0 spiro atoms. The second-order valence-corrected chi connectivity index (χ2v) is 3.41. The zero-order chi connectivity index (χ0) is 8.43. The van der Waals surface area contributed by atoms with Gasteiger partial charge in [0.1, 0.15) is 0 Å². The highest BCUT2D eigenvalue weighted by atomic mass is 16.4. The van der Waals surface area contributed by atoms with Gasteiger partial charge >= 0.3 is 5.97 Å². The Morgan fingerprint density at radius 3 is 2.82 bits per heavy atom. The Morgan fingerprint density at radius 2 is 2.45 bits per heavy atom. The molecule has 0 saturated heterocycles. The molecule has 0 fully saturated rings. The molecule has 1 rings (SSSR count). The molecule has 0 aromatic rings. The van der Waals surface area contributed by atoms with Crippen LogP contribution in [0, 0.1) is 11.8 Å². The summed E-state index contributed by atoms with van der Waals surface area (Å²) >= 11 is 0. The van der Waals surface area contributed by atoms with E-state index in [1.165, 1.54) is 5.57 Å². The van der Waals surface area contributed by atoms with Gasteiger partial charge in [0.25, 0.3) is 0 Å². The van der Waals surface area contributed by atoms with E-state index < -0.39 is 5.97 Å². The van der Waals surface area contributed by atoms with Crippen LogP contribution in [0.1, 0.15) is 26.7 Å². The van der Waals surface area contributed by atoms with Gasteiger partial charge in [-0.25, -0.2) is 0 Å². The van der Waals surface area contributed by atoms with Crippen LogP contribution in [0.4, 0.5) is 0 Å². The molecule has 62 valence electrons. The summed E-state index contributed by atoms with van der Waals surface area (Å²) in [6.45, 7) is 4.22. The maximum absolute atomic E-state index is 10.3. The summed E-state index contributed by atoms with van der Waals surface area (Å²) < 4.78 is 0. The average Bonchev–Trinajstić information content (AvgIpc) is 2.10. The monoisotopic (exact) mass is 154 g/mol. The highest BCUT2D eigenvalue weighted by Gasteiger charge is 2.21. The summed E-state index contributed by atoms with van der Waals surface area (Å²) in [4.78, 5) is 10.3. The Balaban J connectivity index is 2.47. The normalized spacial score (nSPS) is 30.2. The highest BCUT2D eigenvalue weighted by molar-refractivity contribution is 5.67. The van der Waals surface area contributed by atoms with Crippen molar-refractivity contribution in [3.05, 3.63) is 11.6 Å². The Hall–Kier alpha value is -0.790. The number of aliphatic carboxylic acids is 1. The van der Waals surface area contributed by atoms with Crippen molar-refractivity contribution in [3.8, 4) is 0 Å². The average molecular weight is 154 g/mol. The third kappa shape index (κ3) is 2.07. The topological polar surface area (TPSA) is 37.3 Å². The van der Waals surface area contributed by atoms with Gasteiger partial charge in [-0.2, -0.15) is 0 Å². The lowest BCUT2D eigenvalue weighted by Crippen LogP contribution is -2.03. The molecule has 11 heavy (non-hydrogen) atoms. The molecular weight excluding hydrogens is 140 g/mol. The van der Waals surface area contributed by atoms with Crippen molar-refractivity contribution in [2.24, 2.45) is 11.8 Å². The Labute approximate surface area is 66.9 Å². The van der Waals surface area contributed by atoms with Crippen molar-refractivity contribution in [1.82, 2.24) is 0 Å². The molecule has 1 N–H and O–H groups in total. The molecule has 2 atom stereocenters. The van der Waals surface area contributed by atoms with Crippen LogP contribution >= 0.6 is 0 Å². The van der Waals surface area contributed by atoms with Gasteiger partial charge in [0, 0.05) is 0 Å². The van der Waals surface area contributed by atoms with Gasteiger partial charge in [0.15, 0.2) is 0 Å². The van der Waals surface area contributed by atoms with Crippen LogP contribution in [0.25, 0.3) is 0 Å². The van der Waals surface area contributed by atoms with Gasteiger partial charge in [0.05, 0.1) is 6.42 Å². The van der Waals surface area contributed by atoms with Crippen LogP contribution in [-0.4, -0.2) is 11.1 Å². The molecule has 0 aromatic heterocycles. The first-order valence-electron chi connectivity index (χ1n) is 3.99. The molecule has 0 saturated carbocycles. The predicted octanol–water partition coefficient (Wildman–Crippen LogP) is 2.06. The molecule has 0 aliphatic heterocycles. The summed E-state index contributed by atoms with van der Waals surface area (Å²) in [5.41, 5.74) is 1.34. The van der Waals surface area contributed by atoms with E-state index in [0.29, 0.717) is 12.3 Å². The molecule has 0 radical (unpaired) electrons. The number of allylic oxidation sites excluding steroid dienone is 2. The quantitative estimate of drug-likeness (QED) is 0.618. The third-order valence-corrected chi connectivity index (χ3v) is 2.37. The van der Waals surface area contributed by atoms with E-state index in [1.807, 2.05) is 0 Å². The van der Waals surface area contributed by atoms with E-state index in [9.17, 15) is 4.79 Å². The molecule has 0 heterocycles. The summed E-state index contributed by atoms with van der Waals surface area (Å²) in [5.74, 6) is 0.176. The van der Waals surface area contributed by atoms with Gasteiger partial charge in [-0.3, -0.25) is 4.79 Å². The van der Waals surface area contributed by atoms with E-state index in [-0.39, 0.29) is 5.92 Å². The van der Waals surface area contributed by atoms with Crippen LogP contribution in [0.2, 0.25) is 0 Å². The SMILES string of the molecule is CC1=CC(CC(=O)O)CC1C. The first-order valence-corrected chi connectivity index (χ1v) is 3.99. The summed E-state index contributed by atoms with van der Waals surface area (Å²) in [5, 5.41) is 8.52. The van der Waals surface area contributed by atoms with E-state index in [1.54, 1.807) is 0 Å². The lowest BCUT2D eigenvalue weighted by molar-refractivity contribution is -0.137. The molecule has 1 aliphatic carbocycles. The molecule has 0 amide bonds. The van der Waals surface area contributed by atoms with E-state index in [2.05, 4.69) is 19.9 Å². The van der Waals surface area contributed by atoms with Crippen molar-refractivity contribution in [2.45, 2.75) is 26.7 Å². The number of carboxylic acid groups (broad SMARTS) is 1. The van der Waals surface area contributed by atoms with Crippen LogP contribution in [-0.2, 0) is 4.79 Å². The van der Waals surface area contributed by atoms with Crippen molar-refractivity contribution in [3.63, 3.8) is 0 Å². The number of hydrogen-bond acceptors (Lipinski definition) is 1. The van der Waals surface area contributed by atoms with Gasteiger partial charge in [0.2, 0.25) is 0 Å². The van der Waals surface area contributed by atoms with Crippen LogP contribution < -0.4 is 0 Å². The number of hydrogen-bond donors (Lipinski definition) is 1. The minimum absolute atomic E-state index is 0.280. The lowest BCUT2D eigenvalue weighted by Gasteiger charge is -2.04. The van der Waals surface area contributed by atoms with Gasteiger partial charge < -0.3 is 5.11 Å². The van der Waals surface area contributed by atoms with Crippen molar-refractivity contribution in [1.29, 1.82) is 0 Å². The fourth-order valence-corrected chi connectivity index (χ4v) is 1.61. The first-order chi connectivity index (χ1) is 5.09. The van der Waals surface area contributed by atoms with E-state index in [0.717, 1.165) is 6.42 Å². The molecule has 0 bridgehead atoms. The Bertz CT molecular complexity index is 194. The molecular formula is C9H14O2. The van der Waals surface area contributed by atoms with Gasteiger partial charge in [-0.05, 0) is 25.2 Å². The standard InChI is InChI=1S/C9H14O2/c1-6-3-8(4-7(6)2)5-9(10)11/h3,7-8H,4-5H2,1-2H3,(H,10,11). The molecule has 2 heteroatoms. The summed E-state index contributed by atoms with van der Waals surface area (Å²) in [7, 11) is 0. The first kappa shape index (κ1) is 8.31. The maximum atomic E-state index is 10.3. The van der Waals surface area contributed by atoms with Crippen LogP contribution in [0.15, 0.2) is 11.6 Å². The minimum Gasteiger partial charge on any atom is -0.481 e. The van der Waals surface area contributed by atoms with Gasteiger partial charge in [-0.15, -0.1) is 0 Å². The highest BCUT2D eigenvalue weighted by Crippen LogP contribution is 2.31. The zero-order valence-corrected chi connectivity index (χ0v) is 7.00. The van der Waals surface area contributed by atoms with Crippen molar-refractivity contribution < 1.29 is 9.90 Å². The Kier molecular flexibility index (Phi) is 2.32. The van der Waals surface area contributed by atoms with Crippen LogP contribution in [0.3, 0.4) is 0 Å². The van der Waals surface area contributed by atoms with Gasteiger partial charge in [-0.1, -0.05) is 18.6 Å². The smallest absolute Gasteiger partial charge is 0.303 e. The summed E-state index contributed by atoms with van der Waals surface area (Å²) in [6.07, 6.45) is 3.40. The molecule has 1 aliphatic rings. The largest absolute Gasteiger partial charge is 0.481 e. The van der Waals surface area contributed by atoms with Crippen LogP contribution in [0.5, 0.6) is 0 Å². The minimum atomic E-state index is -0.687. The summed E-state index contributed by atoms with van der Waals surface area (Å²) in [6, 6.07) is 0. The molecule has 2 unspecified atom stereocenters. The Morgan fingerprint density at radius 1 is 1.82 bits per heavy atom. The zero-order valence-electron chi connectivity index (χ0n) is 7.00. The van der Waals surface area contributed by atoms with E-state index in [4.69, 9.17) is 5.11 Å². The number of carboxylic acids is 1. The second kappa shape index (κ2) is 3.07. The third-order valence-electron chi connectivity index (χ3n) is 2.37. The second-order valence-electron chi connectivity index (χ2n) is 3.41. The van der Waals surface area contributed by atoms with Crippen molar-refractivity contribution >= 4 is 5.97 Å². The fraction of sp³-hybridized carbons (Fsp3) is 0.667. The fourth-order valence-electron chi connectivity index (χ4n) is 1.61.